The zero-order valence-electron chi connectivity index (χ0n) is 11.9. The minimum atomic E-state index is -0.684. The van der Waals surface area contributed by atoms with Crippen LogP contribution in [0.3, 0.4) is 0 Å². The molecule has 0 radical (unpaired) electrons. The Balaban J connectivity index is 1.87. The molecule has 112 valence electrons. The zero-order chi connectivity index (χ0) is 14.6. The average molecular weight is 296 g/mol. The molecule has 0 aliphatic carbocycles. The Hall–Kier alpha value is -1.16. The first-order valence-corrected chi connectivity index (χ1v) is 8.30. The van der Waals surface area contributed by atoms with Gasteiger partial charge in [-0.1, -0.05) is 32.1 Å². The van der Waals surface area contributed by atoms with Crippen LogP contribution in [0.2, 0.25) is 0 Å². The first-order chi connectivity index (χ1) is 9.68. The number of carboxylic acids is 1. The van der Waals surface area contributed by atoms with E-state index in [0.717, 1.165) is 25.0 Å². The lowest BCUT2D eigenvalue weighted by molar-refractivity contribution is -0.137. The summed E-state index contributed by atoms with van der Waals surface area (Å²) in [6, 6.07) is 7.34. The van der Waals surface area contributed by atoms with E-state index in [2.05, 4.69) is 0 Å². The second-order valence-corrected chi connectivity index (χ2v) is 6.13. The van der Waals surface area contributed by atoms with Crippen LogP contribution in [0.1, 0.15) is 51.4 Å². The maximum Gasteiger partial charge on any atom is 0.303 e. The highest BCUT2D eigenvalue weighted by Gasteiger charge is 1.97. The first kappa shape index (κ1) is 16.9. The van der Waals surface area contributed by atoms with Crippen molar-refractivity contribution < 1.29 is 15.0 Å². The van der Waals surface area contributed by atoms with Gasteiger partial charge >= 0.3 is 5.97 Å². The molecule has 0 fully saturated rings. The fourth-order valence-corrected chi connectivity index (χ4v) is 2.91. The van der Waals surface area contributed by atoms with Crippen LogP contribution in [0, 0.1) is 0 Å². The van der Waals surface area contributed by atoms with Gasteiger partial charge in [-0.15, -0.1) is 11.8 Å². The third-order valence-electron chi connectivity index (χ3n) is 3.14. The van der Waals surface area contributed by atoms with Crippen molar-refractivity contribution in [3.8, 4) is 5.75 Å². The topological polar surface area (TPSA) is 57.5 Å². The van der Waals surface area contributed by atoms with E-state index in [9.17, 15) is 9.90 Å². The van der Waals surface area contributed by atoms with Crippen molar-refractivity contribution >= 4 is 17.7 Å². The van der Waals surface area contributed by atoms with Crippen LogP contribution in [-0.2, 0) is 4.79 Å². The van der Waals surface area contributed by atoms with Gasteiger partial charge in [-0.05, 0) is 42.9 Å². The van der Waals surface area contributed by atoms with E-state index in [1.807, 2.05) is 23.9 Å². The van der Waals surface area contributed by atoms with Gasteiger partial charge < -0.3 is 10.2 Å². The molecule has 0 spiro atoms. The molecule has 0 unspecified atom stereocenters. The number of aliphatic carboxylic acids is 1. The summed E-state index contributed by atoms with van der Waals surface area (Å²) in [4.78, 5) is 11.5. The minimum absolute atomic E-state index is 0.309. The molecule has 4 heteroatoms. The Morgan fingerprint density at radius 2 is 1.45 bits per heavy atom. The van der Waals surface area contributed by atoms with Crippen LogP contribution in [0.5, 0.6) is 5.75 Å². The number of hydrogen-bond acceptors (Lipinski definition) is 3. The largest absolute Gasteiger partial charge is 0.508 e. The molecule has 0 aromatic heterocycles. The van der Waals surface area contributed by atoms with E-state index in [1.165, 1.54) is 30.6 Å². The molecule has 0 amide bonds. The lowest BCUT2D eigenvalue weighted by atomic mass is 10.1. The van der Waals surface area contributed by atoms with Gasteiger partial charge in [-0.2, -0.15) is 0 Å². The summed E-state index contributed by atoms with van der Waals surface area (Å²) in [5.74, 6) is 0.748. The summed E-state index contributed by atoms with van der Waals surface area (Å²) in [5, 5.41) is 17.7. The molecule has 0 aliphatic heterocycles. The highest BCUT2D eigenvalue weighted by atomic mass is 32.2. The maximum absolute atomic E-state index is 10.3. The van der Waals surface area contributed by atoms with Crippen molar-refractivity contribution in [1.82, 2.24) is 0 Å². The number of aromatic hydroxyl groups is 1. The number of hydrogen-bond donors (Lipinski definition) is 2. The smallest absolute Gasteiger partial charge is 0.303 e. The summed E-state index contributed by atoms with van der Waals surface area (Å²) in [6.45, 7) is 0. The van der Waals surface area contributed by atoms with Crippen molar-refractivity contribution in [3.05, 3.63) is 24.3 Å². The molecule has 20 heavy (non-hydrogen) atoms. The molecule has 0 saturated heterocycles. The minimum Gasteiger partial charge on any atom is -0.508 e. The average Bonchev–Trinajstić information content (AvgIpc) is 2.42. The lowest BCUT2D eigenvalue weighted by Gasteiger charge is -2.03. The summed E-state index contributed by atoms with van der Waals surface area (Å²) in [7, 11) is 0. The summed E-state index contributed by atoms with van der Waals surface area (Å²) in [6.07, 6.45) is 8.21. The monoisotopic (exact) mass is 296 g/mol. The Labute approximate surface area is 125 Å². The number of thioether (sulfide) groups is 1. The van der Waals surface area contributed by atoms with Crippen LogP contribution in [0.4, 0.5) is 0 Å². The number of carboxylic acid groups (broad SMARTS) is 1. The first-order valence-electron chi connectivity index (χ1n) is 7.32. The van der Waals surface area contributed by atoms with Gasteiger partial charge in [0.2, 0.25) is 0 Å². The van der Waals surface area contributed by atoms with Gasteiger partial charge in [-0.3, -0.25) is 4.79 Å². The van der Waals surface area contributed by atoms with Crippen molar-refractivity contribution in [2.75, 3.05) is 5.75 Å². The van der Waals surface area contributed by atoms with Crippen molar-refractivity contribution in [2.45, 2.75) is 56.3 Å². The molecule has 0 heterocycles. The molecular formula is C16H24O3S. The number of phenols is 1. The van der Waals surface area contributed by atoms with E-state index in [1.54, 1.807) is 12.1 Å². The van der Waals surface area contributed by atoms with Crippen LogP contribution in [0.15, 0.2) is 29.2 Å². The molecule has 1 aromatic carbocycles. The second kappa shape index (κ2) is 10.6. The van der Waals surface area contributed by atoms with Crippen LogP contribution < -0.4 is 0 Å². The Kier molecular flexibility index (Phi) is 8.96. The Morgan fingerprint density at radius 3 is 2.05 bits per heavy atom. The molecule has 0 bridgehead atoms. The quantitative estimate of drug-likeness (QED) is 0.459. The second-order valence-electron chi connectivity index (χ2n) is 4.96. The third-order valence-corrected chi connectivity index (χ3v) is 4.24. The Morgan fingerprint density at radius 1 is 0.900 bits per heavy atom. The predicted octanol–water partition coefficient (Wildman–Crippen LogP) is 4.69. The highest BCUT2D eigenvalue weighted by Crippen LogP contribution is 2.22. The molecule has 0 atom stereocenters. The molecule has 1 rings (SSSR count). The standard InChI is InChI=1S/C16H24O3S/c17-14-9-11-15(12-10-14)20-13-7-5-3-1-2-4-6-8-16(18)19/h9-12,17H,1-8,13H2,(H,18,19). The fourth-order valence-electron chi connectivity index (χ4n) is 1.99. The van der Waals surface area contributed by atoms with E-state index < -0.39 is 5.97 Å². The van der Waals surface area contributed by atoms with Crippen LogP contribution >= 0.6 is 11.8 Å². The highest BCUT2D eigenvalue weighted by molar-refractivity contribution is 7.99. The van der Waals surface area contributed by atoms with E-state index in [4.69, 9.17) is 5.11 Å². The molecule has 3 nitrogen and oxygen atoms in total. The fraction of sp³-hybridized carbons (Fsp3) is 0.562. The van der Waals surface area contributed by atoms with Crippen LogP contribution in [0.25, 0.3) is 0 Å². The summed E-state index contributed by atoms with van der Waals surface area (Å²) in [5.41, 5.74) is 0. The van der Waals surface area contributed by atoms with E-state index in [-0.39, 0.29) is 0 Å². The van der Waals surface area contributed by atoms with Crippen molar-refractivity contribution in [2.24, 2.45) is 0 Å². The molecule has 0 aliphatic rings. The molecular weight excluding hydrogens is 272 g/mol. The number of unbranched alkanes of at least 4 members (excludes halogenated alkanes) is 6. The van der Waals surface area contributed by atoms with Gasteiger partial charge in [0.05, 0.1) is 0 Å². The number of phenolic OH excluding ortho intramolecular Hbond substituents is 1. The van der Waals surface area contributed by atoms with Gasteiger partial charge in [0.15, 0.2) is 0 Å². The summed E-state index contributed by atoms with van der Waals surface area (Å²) >= 11 is 1.83. The van der Waals surface area contributed by atoms with Crippen molar-refractivity contribution in [1.29, 1.82) is 0 Å². The molecule has 1 aromatic rings. The number of benzene rings is 1. The van der Waals surface area contributed by atoms with E-state index in [0.29, 0.717) is 12.2 Å². The summed E-state index contributed by atoms with van der Waals surface area (Å²) < 4.78 is 0. The SMILES string of the molecule is O=C(O)CCCCCCCCCSc1ccc(O)cc1. The van der Waals surface area contributed by atoms with Crippen LogP contribution in [-0.4, -0.2) is 21.9 Å². The van der Waals surface area contributed by atoms with Gasteiger partial charge in [0.1, 0.15) is 5.75 Å². The molecule has 2 N–H and O–H groups in total. The van der Waals surface area contributed by atoms with E-state index >= 15 is 0 Å². The maximum atomic E-state index is 10.3. The Bertz CT molecular complexity index is 376. The van der Waals surface area contributed by atoms with Crippen molar-refractivity contribution in [3.63, 3.8) is 0 Å². The zero-order valence-corrected chi connectivity index (χ0v) is 12.7. The van der Waals surface area contributed by atoms with Gasteiger partial charge in [-0.25, -0.2) is 0 Å². The normalized spacial score (nSPS) is 10.6. The predicted molar refractivity (Wildman–Crippen MR) is 83.4 cm³/mol. The number of rotatable bonds is 11. The van der Waals surface area contributed by atoms with Gasteiger partial charge in [0.25, 0.3) is 0 Å². The lowest BCUT2D eigenvalue weighted by Crippen LogP contribution is -1.93. The third kappa shape index (κ3) is 8.86. The number of carbonyl (C=O) groups is 1. The van der Waals surface area contributed by atoms with Gasteiger partial charge in [0, 0.05) is 11.3 Å². The molecule has 0 saturated carbocycles.